The van der Waals surface area contributed by atoms with Gasteiger partial charge in [0.05, 0.1) is 13.7 Å². The number of nitrogens with two attached hydrogens (primary N) is 1. The van der Waals surface area contributed by atoms with Gasteiger partial charge < -0.3 is 15.2 Å². The number of para-hydroxylation sites is 2. The molecule has 0 spiro atoms. The van der Waals surface area contributed by atoms with Crippen LogP contribution >= 0.6 is 0 Å². The van der Waals surface area contributed by atoms with Crippen LogP contribution in [0.5, 0.6) is 11.5 Å². The average molecular weight is 223 g/mol. The lowest BCUT2D eigenvalue weighted by Crippen LogP contribution is -2.25. The fourth-order valence-electron chi connectivity index (χ4n) is 1.36. The molecule has 0 bridgehead atoms. The molecular formula is C13H21NO2. The molecule has 0 heterocycles. The van der Waals surface area contributed by atoms with Crippen molar-refractivity contribution in [1.82, 2.24) is 0 Å². The Bertz CT molecular complexity index is 313. The topological polar surface area (TPSA) is 44.5 Å². The van der Waals surface area contributed by atoms with E-state index in [9.17, 15) is 0 Å². The minimum absolute atomic E-state index is 0.210. The van der Waals surface area contributed by atoms with Gasteiger partial charge in [0.25, 0.3) is 0 Å². The fourth-order valence-corrected chi connectivity index (χ4v) is 1.36. The maximum absolute atomic E-state index is 5.79. The van der Waals surface area contributed by atoms with Crippen molar-refractivity contribution in [3.05, 3.63) is 24.3 Å². The largest absolute Gasteiger partial charge is 0.493 e. The molecule has 0 aliphatic heterocycles. The summed E-state index contributed by atoms with van der Waals surface area (Å²) < 4.78 is 10.9. The molecule has 2 unspecified atom stereocenters. The van der Waals surface area contributed by atoms with Gasteiger partial charge in [0, 0.05) is 6.04 Å². The van der Waals surface area contributed by atoms with Crippen molar-refractivity contribution in [2.75, 3.05) is 13.7 Å². The van der Waals surface area contributed by atoms with Gasteiger partial charge in [0.15, 0.2) is 11.5 Å². The fraction of sp³-hybridized carbons (Fsp3) is 0.538. The van der Waals surface area contributed by atoms with E-state index in [1.54, 1.807) is 7.11 Å². The van der Waals surface area contributed by atoms with E-state index in [0.717, 1.165) is 17.9 Å². The SMILES string of the molecule is COc1ccccc1OCCC(C)C(C)N. The van der Waals surface area contributed by atoms with Crippen LogP contribution in [0.15, 0.2) is 24.3 Å². The number of hydrogen-bond donors (Lipinski definition) is 1. The normalized spacial score (nSPS) is 14.2. The third kappa shape index (κ3) is 3.74. The lowest BCUT2D eigenvalue weighted by molar-refractivity contribution is 0.260. The van der Waals surface area contributed by atoms with Crippen LogP contribution in [0, 0.1) is 5.92 Å². The molecule has 0 saturated heterocycles. The van der Waals surface area contributed by atoms with Crippen molar-refractivity contribution >= 4 is 0 Å². The molecule has 0 fully saturated rings. The molecule has 0 aliphatic carbocycles. The Hall–Kier alpha value is -1.22. The zero-order valence-electron chi connectivity index (χ0n) is 10.3. The molecule has 3 nitrogen and oxygen atoms in total. The summed E-state index contributed by atoms with van der Waals surface area (Å²) in [6.45, 7) is 4.83. The van der Waals surface area contributed by atoms with E-state index in [-0.39, 0.29) is 6.04 Å². The molecule has 2 atom stereocenters. The van der Waals surface area contributed by atoms with Gasteiger partial charge in [-0.2, -0.15) is 0 Å². The summed E-state index contributed by atoms with van der Waals surface area (Å²) >= 11 is 0. The number of benzene rings is 1. The molecular weight excluding hydrogens is 202 g/mol. The molecule has 3 heteroatoms. The van der Waals surface area contributed by atoms with Crippen molar-refractivity contribution in [2.45, 2.75) is 26.3 Å². The van der Waals surface area contributed by atoms with Crippen LogP contribution in [-0.4, -0.2) is 19.8 Å². The summed E-state index contributed by atoms with van der Waals surface area (Å²) in [6, 6.07) is 7.88. The maximum atomic E-state index is 5.79. The molecule has 0 radical (unpaired) electrons. The molecule has 2 N–H and O–H groups in total. The van der Waals surface area contributed by atoms with Crippen molar-refractivity contribution in [1.29, 1.82) is 0 Å². The number of methoxy groups -OCH3 is 1. The molecule has 0 amide bonds. The molecule has 1 aromatic rings. The number of hydrogen-bond acceptors (Lipinski definition) is 3. The van der Waals surface area contributed by atoms with Crippen LogP contribution < -0.4 is 15.2 Å². The molecule has 1 rings (SSSR count). The zero-order valence-corrected chi connectivity index (χ0v) is 10.3. The van der Waals surface area contributed by atoms with E-state index in [4.69, 9.17) is 15.2 Å². The minimum atomic E-state index is 0.210. The van der Waals surface area contributed by atoms with Crippen molar-refractivity contribution in [3.63, 3.8) is 0 Å². The van der Waals surface area contributed by atoms with Crippen molar-refractivity contribution in [3.8, 4) is 11.5 Å². The first-order valence-electron chi connectivity index (χ1n) is 5.66. The van der Waals surface area contributed by atoms with Crippen LogP contribution in [0.25, 0.3) is 0 Å². The molecule has 1 aromatic carbocycles. The summed E-state index contributed by atoms with van der Waals surface area (Å²) in [5, 5.41) is 0. The van der Waals surface area contributed by atoms with Crippen LogP contribution in [0.3, 0.4) is 0 Å². The molecule has 90 valence electrons. The minimum Gasteiger partial charge on any atom is -0.493 e. The average Bonchev–Trinajstić information content (AvgIpc) is 2.29. The van der Waals surface area contributed by atoms with E-state index in [1.807, 2.05) is 31.2 Å². The quantitative estimate of drug-likeness (QED) is 0.805. The Labute approximate surface area is 97.6 Å². The number of ether oxygens (including phenoxy) is 2. The van der Waals surface area contributed by atoms with Gasteiger partial charge >= 0.3 is 0 Å². The van der Waals surface area contributed by atoms with Crippen LogP contribution in [-0.2, 0) is 0 Å². The van der Waals surface area contributed by atoms with Crippen LogP contribution in [0.2, 0.25) is 0 Å². The summed E-state index contributed by atoms with van der Waals surface area (Å²) in [6.07, 6.45) is 0.954. The Balaban J connectivity index is 2.42. The first kappa shape index (κ1) is 12.8. The lowest BCUT2D eigenvalue weighted by atomic mass is 10.0. The van der Waals surface area contributed by atoms with Gasteiger partial charge in [0.1, 0.15) is 0 Å². The summed E-state index contributed by atoms with van der Waals surface area (Å²) in [4.78, 5) is 0. The third-order valence-electron chi connectivity index (χ3n) is 2.80. The summed E-state index contributed by atoms with van der Waals surface area (Å²) in [5.41, 5.74) is 5.79. The summed E-state index contributed by atoms with van der Waals surface area (Å²) in [5.74, 6) is 2.03. The standard InChI is InChI=1S/C13H21NO2/c1-10(11(2)14)8-9-16-13-7-5-4-6-12(13)15-3/h4-7,10-11H,8-9,14H2,1-3H3. The van der Waals surface area contributed by atoms with E-state index >= 15 is 0 Å². The molecule has 0 aromatic heterocycles. The third-order valence-corrected chi connectivity index (χ3v) is 2.80. The van der Waals surface area contributed by atoms with E-state index in [0.29, 0.717) is 12.5 Å². The first-order valence-corrected chi connectivity index (χ1v) is 5.66. The molecule has 16 heavy (non-hydrogen) atoms. The van der Waals surface area contributed by atoms with Gasteiger partial charge in [-0.3, -0.25) is 0 Å². The van der Waals surface area contributed by atoms with Crippen LogP contribution in [0.4, 0.5) is 0 Å². The second kappa shape index (κ2) is 6.38. The van der Waals surface area contributed by atoms with E-state index in [2.05, 4.69) is 6.92 Å². The van der Waals surface area contributed by atoms with E-state index in [1.165, 1.54) is 0 Å². The Morgan fingerprint density at radius 3 is 2.38 bits per heavy atom. The highest BCUT2D eigenvalue weighted by atomic mass is 16.5. The van der Waals surface area contributed by atoms with Crippen molar-refractivity contribution < 1.29 is 9.47 Å². The Morgan fingerprint density at radius 2 is 1.81 bits per heavy atom. The predicted molar refractivity (Wildman–Crippen MR) is 65.9 cm³/mol. The van der Waals surface area contributed by atoms with Crippen LogP contribution in [0.1, 0.15) is 20.3 Å². The first-order chi connectivity index (χ1) is 7.65. The smallest absolute Gasteiger partial charge is 0.161 e. The maximum Gasteiger partial charge on any atom is 0.161 e. The number of rotatable bonds is 6. The lowest BCUT2D eigenvalue weighted by Gasteiger charge is -2.16. The highest BCUT2D eigenvalue weighted by Crippen LogP contribution is 2.26. The van der Waals surface area contributed by atoms with E-state index < -0.39 is 0 Å². The monoisotopic (exact) mass is 223 g/mol. The second-order valence-electron chi connectivity index (χ2n) is 4.12. The van der Waals surface area contributed by atoms with Gasteiger partial charge in [-0.1, -0.05) is 19.1 Å². The molecule has 0 aliphatic rings. The zero-order chi connectivity index (χ0) is 12.0. The van der Waals surface area contributed by atoms with Gasteiger partial charge in [-0.25, -0.2) is 0 Å². The van der Waals surface area contributed by atoms with Gasteiger partial charge in [0.2, 0.25) is 0 Å². The molecule has 0 saturated carbocycles. The Morgan fingerprint density at radius 1 is 1.19 bits per heavy atom. The van der Waals surface area contributed by atoms with Crippen molar-refractivity contribution in [2.24, 2.45) is 11.7 Å². The predicted octanol–water partition coefficient (Wildman–Crippen LogP) is 2.45. The highest BCUT2D eigenvalue weighted by Gasteiger charge is 2.08. The second-order valence-corrected chi connectivity index (χ2v) is 4.12. The Kier molecular flexibility index (Phi) is 5.12. The highest BCUT2D eigenvalue weighted by molar-refractivity contribution is 5.39. The van der Waals surface area contributed by atoms with Gasteiger partial charge in [-0.15, -0.1) is 0 Å². The van der Waals surface area contributed by atoms with Gasteiger partial charge in [-0.05, 0) is 31.4 Å². The summed E-state index contributed by atoms with van der Waals surface area (Å²) in [7, 11) is 1.65.